The summed E-state index contributed by atoms with van der Waals surface area (Å²) in [6, 6.07) is 6.96. The first-order valence-electron chi connectivity index (χ1n) is 5.58. The summed E-state index contributed by atoms with van der Waals surface area (Å²) in [4.78, 5) is 28.5. The van der Waals surface area contributed by atoms with Gasteiger partial charge in [0.05, 0.1) is 6.04 Å². The van der Waals surface area contributed by atoms with E-state index in [1.165, 1.54) is 0 Å². The zero-order chi connectivity index (χ0) is 12.0. The van der Waals surface area contributed by atoms with Crippen molar-refractivity contribution in [1.29, 1.82) is 0 Å². The van der Waals surface area contributed by atoms with Gasteiger partial charge in [-0.1, -0.05) is 24.3 Å². The van der Waals surface area contributed by atoms with E-state index in [4.69, 9.17) is 11.6 Å². The molecule has 1 fully saturated rings. The van der Waals surface area contributed by atoms with Crippen molar-refractivity contribution in [2.45, 2.75) is 24.3 Å². The summed E-state index contributed by atoms with van der Waals surface area (Å²) in [6.07, 6.45) is 1.96. The van der Waals surface area contributed by atoms with E-state index in [1.54, 1.807) is 24.3 Å². The first-order chi connectivity index (χ1) is 8.18. The van der Waals surface area contributed by atoms with Gasteiger partial charge in [-0.25, -0.2) is 0 Å². The molecule has 0 aliphatic heterocycles. The molecule has 0 bridgehead atoms. The van der Waals surface area contributed by atoms with E-state index in [9.17, 15) is 9.59 Å². The zero-order valence-electron chi connectivity index (χ0n) is 9.02. The van der Waals surface area contributed by atoms with Crippen LogP contribution in [0.2, 0.25) is 0 Å². The van der Waals surface area contributed by atoms with Crippen LogP contribution < -0.4 is 0 Å². The molecule has 0 amide bonds. The molecule has 0 saturated heterocycles. The fourth-order valence-corrected chi connectivity index (χ4v) is 2.21. The molecule has 86 valence electrons. The van der Waals surface area contributed by atoms with Crippen LogP contribution in [0.15, 0.2) is 29.3 Å². The number of halogens is 1. The number of fused-ring (bicyclic) bond motifs is 1. The third-order valence-electron chi connectivity index (χ3n) is 3.01. The van der Waals surface area contributed by atoms with E-state index >= 15 is 0 Å². The molecule has 4 heteroatoms. The molecule has 0 aromatic heterocycles. The number of nitrogens with zero attached hydrogens (tertiary/aromatic N) is 1. The minimum Gasteiger partial charge on any atom is -0.292 e. The Bertz CT molecular complexity index is 546. The maximum atomic E-state index is 12.2. The minimum atomic E-state index is -0.919. The summed E-state index contributed by atoms with van der Waals surface area (Å²) >= 11 is 6.03. The van der Waals surface area contributed by atoms with Crippen LogP contribution in [-0.4, -0.2) is 28.7 Å². The number of carbonyl (C=O) groups excluding carboxylic acids is 2. The molecule has 0 heterocycles. The Balaban J connectivity index is 2.12. The lowest BCUT2D eigenvalue weighted by molar-refractivity contribution is 0.0967. The van der Waals surface area contributed by atoms with Gasteiger partial charge in [-0.2, -0.15) is 0 Å². The third kappa shape index (κ3) is 1.71. The predicted molar refractivity (Wildman–Crippen MR) is 65.2 cm³/mol. The Morgan fingerprint density at radius 2 is 1.76 bits per heavy atom. The highest BCUT2D eigenvalue weighted by Crippen LogP contribution is 2.28. The Morgan fingerprint density at radius 3 is 2.41 bits per heavy atom. The van der Waals surface area contributed by atoms with Crippen molar-refractivity contribution < 1.29 is 9.59 Å². The summed E-state index contributed by atoms with van der Waals surface area (Å²) in [6.45, 7) is 0. The van der Waals surface area contributed by atoms with Crippen LogP contribution in [0.3, 0.4) is 0 Å². The van der Waals surface area contributed by atoms with E-state index in [2.05, 4.69) is 4.99 Å². The van der Waals surface area contributed by atoms with Crippen LogP contribution in [0.5, 0.6) is 0 Å². The molecular weight excluding hydrogens is 238 g/mol. The average Bonchev–Trinajstić information content (AvgIpc) is 3.16. The average molecular weight is 248 g/mol. The van der Waals surface area contributed by atoms with E-state index in [1.807, 2.05) is 0 Å². The molecule has 0 radical (unpaired) electrons. The van der Waals surface area contributed by atoms with Crippen LogP contribution in [-0.2, 0) is 0 Å². The number of hydrogen-bond acceptors (Lipinski definition) is 3. The van der Waals surface area contributed by atoms with Gasteiger partial charge in [0, 0.05) is 11.1 Å². The molecule has 1 aromatic carbocycles. The Labute approximate surface area is 103 Å². The Morgan fingerprint density at radius 1 is 1.12 bits per heavy atom. The molecule has 3 rings (SSSR count). The lowest BCUT2D eigenvalue weighted by Crippen LogP contribution is -2.38. The summed E-state index contributed by atoms with van der Waals surface area (Å²) in [5.41, 5.74) is 1.05. The number of hydrogen-bond donors (Lipinski definition) is 0. The number of carbonyl (C=O) groups is 2. The van der Waals surface area contributed by atoms with Crippen molar-refractivity contribution in [3.63, 3.8) is 0 Å². The van der Waals surface area contributed by atoms with Crippen molar-refractivity contribution in [1.82, 2.24) is 0 Å². The highest BCUT2D eigenvalue weighted by Gasteiger charge is 2.38. The van der Waals surface area contributed by atoms with Crippen molar-refractivity contribution in [3.05, 3.63) is 35.4 Å². The summed E-state index contributed by atoms with van der Waals surface area (Å²) < 4.78 is 0. The Hall–Kier alpha value is -1.48. The molecular formula is C13H10ClNO2. The largest absolute Gasteiger partial charge is 0.292 e. The van der Waals surface area contributed by atoms with Crippen LogP contribution in [0.25, 0.3) is 0 Å². The molecule has 0 spiro atoms. The molecule has 17 heavy (non-hydrogen) atoms. The summed E-state index contributed by atoms with van der Waals surface area (Å²) in [7, 11) is 0. The number of aliphatic imine (C=N–C) groups is 1. The SMILES string of the molecule is O=C1C(=NC2CC2)C(Cl)C(=O)c2ccccc21. The second-order valence-corrected chi connectivity index (χ2v) is 4.78. The molecule has 3 nitrogen and oxygen atoms in total. The van der Waals surface area contributed by atoms with Crippen molar-refractivity contribution in [2.24, 2.45) is 4.99 Å². The third-order valence-corrected chi connectivity index (χ3v) is 3.41. The normalized spacial score (nSPS) is 26.2. The fraction of sp³-hybridized carbons (Fsp3) is 0.308. The van der Waals surface area contributed by atoms with Gasteiger partial charge in [0.25, 0.3) is 0 Å². The number of benzene rings is 1. The van der Waals surface area contributed by atoms with Gasteiger partial charge in [-0.3, -0.25) is 14.6 Å². The van der Waals surface area contributed by atoms with E-state index in [0.717, 1.165) is 12.8 Å². The molecule has 0 N–H and O–H groups in total. The first kappa shape index (κ1) is 10.7. The highest BCUT2D eigenvalue weighted by atomic mass is 35.5. The van der Waals surface area contributed by atoms with Gasteiger partial charge in [-0.05, 0) is 12.8 Å². The predicted octanol–water partition coefficient (Wildman–Crippen LogP) is 2.28. The number of rotatable bonds is 1. The van der Waals surface area contributed by atoms with Gasteiger partial charge >= 0.3 is 0 Å². The van der Waals surface area contributed by atoms with Gasteiger partial charge in [0.1, 0.15) is 11.1 Å². The highest BCUT2D eigenvalue weighted by molar-refractivity contribution is 6.64. The molecule has 1 aromatic rings. The first-order valence-corrected chi connectivity index (χ1v) is 6.02. The van der Waals surface area contributed by atoms with Gasteiger partial charge in [-0.15, -0.1) is 11.6 Å². The van der Waals surface area contributed by atoms with E-state index < -0.39 is 5.38 Å². The lowest BCUT2D eigenvalue weighted by atomic mass is 9.88. The molecule has 2 aliphatic carbocycles. The van der Waals surface area contributed by atoms with Gasteiger partial charge in [0.15, 0.2) is 5.78 Å². The Kier molecular flexibility index (Phi) is 2.37. The van der Waals surface area contributed by atoms with E-state index in [0.29, 0.717) is 11.1 Å². The van der Waals surface area contributed by atoms with Crippen molar-refractivity contribution in [2.75, 3.05) is 0 Å². The van der Waals surface area contributed by atoms with Crippen LogP contribution in [0.4, 0.5) is 0 Å². The second-order valence-electron chi connectivity index (χ2n) is 4.35. The molecule has 1 saturated carbocycles. The van der Waals surface area contributed by atoms with Crippen LogP contribution in [0, 0.1) is 0 Å². The summed E-state index contributed by atoms with van der Waals surface area (Å²) in [5, 5.41) is -0.919. The zero-order valence-corrected chi connectivity index (χ0v) is 9.78. The number of ketones is 2. The maximum absolute atomic E-state index is 12.2. The standard InChI is InChI=1S/C13H10ClNO2/c14-10-11(15-7-5-6-7)13(17)9-4-2-1-3-8(9)12(10)16/h1-4,7,10H,5-6H2. The molecule has 2 aliphatic rings. The number of Topliss-reactive ketones (excluding diaryl/α,β-unsaturated/α-hetero) is 2. The topological polar surface area (TPSA) is 46.5 Å². The summed E-state index contributed by atoms with van der Waals surface area (Å²) in [5.74, 6) is -0.423. The smallest absolute Gasteiger partial charge is 0.209 e. The minimum absolute atomic E-state index is 0.188. The fourth-order valence-electron chi connectivity index (χ4n) is 1.93. The van der Waals surface area contributed by atoms with Gasteiger partial charge < -0.3 is 0 Å². The molecule has 1 atom stereocenters. The monoisotopic (exact) mass is 247 g/mol. The van der Waals surface area contributed by atoms with Crippen LogP contribution in [0.1, 0.15) is 33.6 Å². The second kappa shape index (κ2) is 3.77. The van der Waals surface area contributed by atoms with Gasteiger partial charge in [0.2, 0.25) is 5.78 Å². The quantitative estimate of drug-likeness (QED) is 0.715. The van der Waals surface area contributed by atoms with Crippen LogP contribution >= 0.6 is 11.6 Å². The maximum Gasteiger partial charge on any atom is 0.209 e. The molecule has 1 unspecified atom stereocenters. The van der Waals surface area contributed by atoms with Crippen molar-refractivity contribution in [3.8, 4) is 0 Å². The van der Waals surface area contributed by atoms with Crippen molar-refractivity contribution >= 4 is 28.9 Å². The lowest BCUT2D eigenvalue weighted by Gasteiger charge is -2.19. The van der Waals surface area contributed by atoms with E-state index in [-0.39, 0.29) is 23.3 Å². The number of alkyl halides is 1.